The van der Waals surface area contributed by atoms with E-state index in [1.807, 2.05) is 0 Å². The van der Waals surface area contributed by atoms with Crippen molar-refractivity contribution in [1.82, 2.24) is 9.13 Å². The molecule has 4 heteroatoms. The molecular formula is C61H38N2O2. The first kappa shape index (κ1) is 34.4. The van der Waals surface area contributed by atoms with Crippen LogP contribution in [-0.2, 0) is 11.8 Å². The van der Waals surface area contributed by atoms with E-state index in [0.29, 0.717) is 0 Å². The largest absolute Gasteiger partial charge is 0.461 e. The maximum absolute atomic E-state index is 6.42. The van der Waals surface area contributed by atoms with E-state index in [1.165, 1.54) is 116 Å². The minimum absolute atomic E-state index is 0.188. The predicted octanol–water partition coefficient (Wildman–Crippen LogP) is 15.2. The molecule has 0 saturated carbocycles. The Hall–Kier alpha value is -8.08. The van der Waals surface area contributed by atoms with Crippen molar-refractivity contribution in [3.8, 4) is 28.0 Å². The second-order valence-electron chi connectivity index (χ2n) is 18.6. The number of rotatable bonds is 2. The van der Waals surface area contributed by atoms with E-state index < -0.39 is 5.41 Å². The van der Waals surface area contributed by atoms with Crippen molar-refractivity contribution in [3.05, 3.63) is 227 Å². The van der Waals surface area contributed by atoms with Gasteiger partial charge in [0.1, 0.15) is 22.9 Å². The van der Waals surface area contributed by atoms with Gasteiger partial charge in [-0.1, -0.05) is 121 Å². The Kier molecular flexibility index (Phi) is 6.42. The van der Waals surface area contributed by atoms with E-state index in [2.05, 4.69) is 197 Å². The fraction of sp³-hybridized carbons (Fsp3) is 0.0820. The fourth-order valence-electron chi connectivity index (χ4n) is 13.0. The third kappa shape index (κ3) is 4.24. The third-order valence-corrected chi connectivity index (χ3v) is 15.6. The summed E-state index contributed by atoms with van der Waals surface area (Å²) in [4.78, 5) is 0. The molecule has 0 saturated heterocycles. The third-order valence-electron chi connectivity index (χ3n) is 15.6. The van der Waals surface area contributed by atoms with Gasteiger partial charge in [0.05, 0.1) is 33.4 Å². The van der Waals surface area contributed by atoms with Gasteiger partial charge in [0.25, 0.3) is 0 Å². The summed E-state index contributed by atoms with van der Waals surface area (Å²) >= 11 is 0. The van der Waals surface area contributed by atoms with Crippen molar-refractivity contribution in [1.29, 1.82) is 0 Å². The predicted molar refractivity (Wildman–Crippen MR) is 264 cm³/mol. The Labute approximate surface area is 374 Å². The van der Waals surface area contributed by atoms with Gasteiger partial charge in [0.15, 0.2) is 0 Å². The lowest BCUT2D eigenvalue weighted by Gasteiger charge is -2.31. The summed E-state index contributed by atoms with van der Waals surface area (Å²) < 4.78 is 17.9. The normalized spacial score (nSPS) is 18.6. The summed E-state index contributed by atoms with van der Waals surface area (Å²) in [7, 11) is 0. The molecule has 4 aliphatic carbocycles. The number of fused-ring (bicyclic) bond motifs is 22. The highest BCUT2D eigenvalue weighted by Gasteiger charge is 2.52. The summed E-state index contributed by atoms with van der Waals surface area (Å²) in [5.74, 6) is 3.28. The quantitative estimate of drug-likeness (QED) is 0.174. The molecule has 0 amide bonds. The van der Waals surface area contributed by atoms with Crippen molar-refractivity contribution in [2.75, 3.05) is 0 Å². The van der Waals surface area contributed by atoms with Crippen LogP contribution in [0.1, 0.15) is 57.9 Å². The van der Waals surface area contributed by atoms with Crippen molar-refractivity contribution >= 4 is 72.1 Å². The molecule has 1 spiro atoms. The fourth-order valence-corrected chi connectivity index (χ4v) is 13.0. The zero-order valence-corrected chi connectivity index (χ0v) is 35.3. The van der Waals surface area contributed by atoms with Gasteiger partial charge in [-0.15, -0.1) is 0 Å². The second kappa shape index (κ2) is 12.1. The van der Waals surface area contributed by atoms with Crippen LogP contribution in [0, 0.1) is 0 Å². The summed E-state index contributed by atoms with van der Waals surface area (Å²) in [5.41, 5.74) is 21.1. The van der Waals surface area contributed by atoms with Crippen LogP contribution in [0.15, 0.2) is 192 Å². The summed E-state index contributed by atoms with van der Waals surface area (Å²) in [6.45, 7) is 0. The molecule has 11 aromatic rings. The molecule has 2 atom stereocenters. The number of hydrogen-bond acceptors (Lipinski definition) is 2. The molecule has 304 valence electrons. The zero-order chi connectivity index (χ0) is 42.1. The average Bonchev–Trinajstić information content (AvgIpc) is 4.19. The molecule has 0 bridgehead atoms. The molecule has 1 aliphatic heterocycles. The number of nitrogens with zero attached hydrogens (tertiary/aromatic N) is 2. The standard InChI is InChI=1S/C61H38N2O2/c1-7-19-49-37(13-1)43-31-45-39-15-3-9-21-53(39)62(35-25-27-59-47(29-35)41-17-5-11-23-57(41)64-59)55(45)33-51(43)61(49)50-20-8-2-14-38(50)44-32-46-40-16-4-10-22-54(40)63(56(46)34-52(44)61)36-26-28-60-48(30-36)42-18-6-12-24-58(42)65-60/h1-25,27,30-34,47H,26,28-29H2. The highest BCUT2D eigenvalue weighted by Crippen LogP contribution is 2.64. The van der Waals surface area contributed by atoms with Crippen molar-refractivity contribution in [2.24, 2.45) is 0 Å². The summed E-state index contributed by atoms with van der Waals surface area (Å²) in [6.07, 6.45) is 9.52. The van der Waals surface area contributed by atoms with Gasteiger partial charge in [0.2, 0.25) is 0 Å². The van der Waals surface area contributed by atoms with E-state index in [0.717, 1.165) is 42.1 Å². The molecule has 8 aromatic carbocycles. The Morgan fingerprint density at radius 1 is 0.462 bits per heavy atom. The topological polar surface area (TPSA) is 32.2 Å². The van der Waals surface area contributed by atoms with E-state index in [4.69, 9.17) is 9.15 Å². The zero-order valence-electron chi connectivity index (χ0n) is 35.3. The molecule has 0 radical (unpaired) electrons. The Bertz CT molecular complexity index is 4080. The van der Waals surface area contributed by atoms with Crippen LogP contribution in [0.5, 0.6) is 5.75 Å². The van der Waals surface area contributed by atoms with E-state index in [1.54, 1.807) is 0 Å². The molecule has 4 nitrogen and oxygen atoms in total. The molecule has 5 aliphatic rings. The molecule has 3 aromatic heterocycles. The lowest BCUT2D eigenvalue weighted by Crippen LogP contribution is -2.26. The lowest BCUT2D eigenvalue weighted by atomic mass is 9.70. The first-order valence-corrected chi connectivity index (χ1v) is 23.0. The molecule has 0 N–H and O–H groups in total. The van der Waals surface area contributed by atoms with Gasteiger partial charge in [-0.2, -0.15) is 0 Å². The lowest BCUT2D eigenvalue weighted by molar-refractivity contribution is 0.425. The van der Waals surface area contributed by atoms with E-state index >= 15 is 0 Å². The Morgan fingerprint density at radius 3 is 1.75 bits per heavy atom. The average molecular weight is 831 g/mol. The van der Waals surface area contributed by atoms with Crippen LogP contribution in [0.3, 0.4) is 0 Å². The van der Waals surface area contributed by atoms with Crippen molar-refractivity contribution in [2.45, 2.75) is 30.6 Å². The van der Waals surface area contributed by atoms with Gasteiger partial charge >= 0.3 is 0 Å². The molecule has 16 rings (SSSR count). The summed E-state index contributed by atoms with van der Waals surface area (Å²) in [6, 6.07) is 63.6. The summed E-state index contributed by atoms with van der Waals surface area (Å²) in [5, 5.41) is 6.29. The first-order valence-electron chi connectivity index (χ1n) is 23.0. The minimum atomic E-state index is -0.538. The second-order valence-corrected chi connectivity index (χ2v) is 18.6. The van der Waals surface area contributed by atoms with Gasteiger partial charge in [-0.3, -0.25) is 0 Å². The van der Waals surface area contributed by atoms with Crippen molar-refractivity contribution in [3.63, 3.8) is 0 Å². The van der Waals surface area contributed by atoms with Crippen LogP contribution >= 0.6 is 0 Å². The number of hydrogen-bond donors (Lipinski definition) is 0. The Morgan fingerprint density at radius 2 is 1.05 bits per heavy atom. The number of para-hydroxylation sites is 4. The molecule has 4 heterocycles. The van der Waals surface area contributed by atoms with Crippen LogP contribution < -0.4 is 4.74 Å². The number of allylic oxidation sites excluding steroid dienone is 5. The molecule has 0 fully saturated rings. The molecular weight excluding hydrogens is 793 g/mol. The van der Waals surface area contributed by atoms with Crippen LogP contribution in [0.4, 0.5) is 0 Å². The first-order chi connectivity index (χ1) is 32.2. The van der Waals surface area contributed by atoms with E-state index in [9.17, 15) is 0 Å². The SMILES string of the molecule is C1=C2Oc3ccccc3C2CC(n2c3ccccc3c3cc4c(cc32)C2(c3ccccc3-c3cc5c6ccccc6n(C6=Cc7c(oc8ccccc78)CC6)c5cc32)c2ccccc2-4)=C1. The number of aryl methyl sites for hydroxylation is 1. The Balaban J connectivity index is 0.985. The number of furan rings is 1. The monoisotopic (exact) mass is 830 g/mol. The maximum atomic E-state index is 6.42. The van der Waals surface area contributed by atoms with Crippen LogP contribution in [0.25, 0.3) is 94.3 Å². The highest BCUT2D eigenvalue weighted by atomic mass is 16.5. The van der Waals surface area contributed by atoms with Gasteiger partial charge in [-0.25, -0.2) is 0 Å². The van der Waals surface area contributed by atoms with E-state index in [-0.39, 0.29) is 5.92 Å². The molecule has 2 unspecified atom stereocenters. The van der Waals surface area contributed by atoms with Gasteiger partial charge in [-0.05, 0) is 118 Å². The van der Waals surface area contributed by atoms with Gasteiger partial charge in [0, 0.05) is 62.3 Å². The number of ether oxygens (including phenoxy) is 1. The smallest absolute Gasteiger partial charge is 0.134 e. The van der Waals surface area contributed by atoms with Crippen LogP contribution in [-0.4, -0.2) is 9.13 Å². The van der Waals surface area contributed by atoms with Crippen molar-refractivity contribution < 1.29 is 9.15 Å². The van der Waals surface area contributed by atoms with Crippen LogP contribution in [0.2, 0.25) is 0 Å². The maximum Gasteiger partial charge on any atom is 0.134 e. The van der Waals surface area contributed by atoms with Gasteiger partial charge < -0.3 is 18.3 Å². The minimum Gasteiger partial charge on any atom is -0.461 e. The highest BCUT2D eigenvalue weighted by molar-refractivity contribution is 6.16. The number of aromatic nitrogens is 2. The molecule has 65 heavy (non-hydrogen) atoms. The number of benzene rings is 8.